The molecular formula is C28H25FN4O3. The van der Waals surface area contributed by atoms with Crippen LogP contribution in [0.4, 0.5) is 10.1 Å². The van der Waals surface area contributed by atoms with E-state index >= 15 is 0 Å². The Balaban J connectivity index is 1.50. The summed E-state index contributed by atoms with van der Waals surface area (Å²) in [4.78, 5) is 34.1. The van der Waals surface area contributed by atoms with Gasteiger partial charge in [-0.2, -0.15) is 0 Å². The molecule has 3 N–H and O–H groups in total. The molecule has 182 valence electrons. The summed E-state index contributed by atoms with van der Waals surface area (Å²) in [6.45, 7) is 2.19. The van der Waals surface area contributed by atoms with Crippen LogP contribution in [0.2, 0.25) is 0 Å². The third-order valence-corrected chi connectivity index (χ3v) is 5.80. The standard InChI is InChI=1S/C28H25FN4O3/c1-3-14-33(16-19-4-13-25-24(15-19)28(36)31-18(2)30-25)23-11-7-21(8-12-23)27(35)32-26(17-34)20-5-9-22(29)10-6-20/h1,4-13,15,26,34H,14,16-17H2,2H3,(H,32,35)(H,30,31,36). The van der Waals surface area contributed by atoms with E-state index < -0.39 is 11.9 Å². The van der Waals surface area contributed by atoms with Crippen molar-refractivity contribution in [1.29, 1.82) is 0 Å². The minimum Gasteiger partial charge on any atom is -0.394 e. The van der Waals surface area contributed by atoms with E-state index in [2.05, 4.69) is 21.2 Å². The van der Waals surface area contributed by atoms with Crippen LogP contribution in [0, 0.1) is 25.1 Å². The van der Waals surface area contributed by atoms with Crippen LogP contribution in [0.5, 0.6) is 0 Å². The van der Waals surface area contributed by atoms with Gasteiger partial charge in [0.05, 0.1) is 30.1 Å². The summed E-state index contributed by atoms with van der Waals surface area (Å²) >= 11 is 0. The van der Waals surface area contributed by atoms with Gasteiger partial charge in [0.25, 0.3) is 11.5 Å². The molecule has 0 radical (unpaired) electrons. The van der Waals surface area contributed by atoms with Crippen molar-refractivity contribution in [3.63, 3.8) is 0 Å². The number of nitrogens with zero attached hydrogens (tertiary/aromatic N) is 2. The van der Waals surface area contributed by atoms with Crippen molar-refractivity contribution in [1.82, 2.24) is 15.3 Å². The number of aliphatic hydroxyl groups is 1. The minimum absolute atomic E-state index is 0.194. The number of benzene rings is 3. The van der Waals surface area contributed by atoms with E-state index in [1.807, 2.05) is 17.0 Å². The third-order valence-electron chi connectivity index (χ3n) is 5.80. The molecular weight excluding hydrogens is 459 g/mol. The second kappa shape index (κ2) is 10.8. The first-order valence-corrected chi connectivity index (χ1v) is 11.3. The smallest absolute Gasteiger partial charge is 0.258 e. The van der Waals surface area contributed by atoms with Crippen LogP contribution in [-0.4, -0.2) is 34.1 Å². The Hall–Kier alpha value is -4.48. The van der Waals surface area contributed by atoms with Gasteiger partial charge < -0.3 is 20.3 Å². The summed E-state index contributed by atoms with van der Waals surface area (Å²) in [7, 11) is 0. The van der Waals surface area contributed by atoms with Crippen molar-refractivity contribution in [3.05, 3.63) is 105 Å². The Bertz CT molecular complexity index is 1470. The topological polar surface area (TPSA) is 98.3 Å². The first kappa shape index (κ1) is 24.6. The van der Waals surface area contributed by atoms with Gasteiger partial charge in [0.1, 0.15) is 11.6 Å². The first-order valence-electron chi connectivity index (χ1n) is 11.3. The number of aryl methyl sites for hydroxylation is 1. The lowest BCUT2D eigenvalue weighted by Gasteiger charge is -2.23. The summed E-state index contributed by atoms with van der Waals surface area (Å²) in [6, 6.07) is 17.4. The van der Waals surface area contributed by atoms with Gasteiger partial charge in [-0.1, -0.05) is 24.1 Å². The van der Waals surface area contributed by atoms with Crippen LogP contribution in [0.3, 0.4) is 0 Å². The molecule has 4 rings (SSSR count). The molecule has 0 saturated heterocycles. The zero-order valence-electron chi connectivity index (χ0n) is 19.7. The molecule has 0 fully saturated rings. The predicted octanol–water partition coefficient (Wildman–Crippen LogP) is 3.47. The van der Waals surface area contributed by atoms with Gasteiger partial charge in [-0.15, -0.1) is 6.42 Å². The van der Waals surface area contributed by atoms with Gasteiger partial charge in [-0.25, -0.2) is 9.37 Å². The molecule has 1 amide bonds. The number of aliphatic hydroxyl groups excluding tert-OH is 1. The van der Waals surface area contributed by atoms with Crippen molar-refractivity contribution < 1.29 is 14.3 Å². The molecule has 4 aromatic rings. The summed E-state index contributed by atoms with van der Waals surface area (Å²) < 4.78 is 13.2. The van der Waals surface area contributed by atoms with Gasteiger partial charge in [0.15, 0.2) is 0 Å². The van der Waals surface area contributed by atoms with Crippen molar-refractivity contribution in [2.24, 2.45) is 0 Å². The highest BCUT2D eigenvalue weighted by molar-refractivity contribution is 5.94. The lowest BCUT2D eigenvalue weighted by Crippen LogP contribution is -2.30. The number of rotatable bonds is 8. The summed E-state index contributed by atoms with van der Waals surface area (Å²) in [5, 5.41) is 13.0. The second-order valence-electron chi connectivity index (χ2n) is 8.37. The fourth-order valence-corrected chi connectivity index (χ4v) is 3.96. The van der Waals surface area contributed by atoms with Gasteiger partial charge in [-0.3, -0.25) is 9.59 Å². The number of H-pyrrole nitrogens is 1. The maximum Gasteiger partial charge on any atom is 0.258 e. The van der Waals surface area contributed by atoms with E-state index in [-0.39, 0.29) is 18.1 Å². The molecule has 0 bridgehead atoms. The van der Waals surface area contributed by atoms with E-state index in [1.54, 1.807) is 37.3 Å². The van der Waals surface area contributed by atoms with E-state index in [9.17, 15) is 19.1 Å². The average molecular weight is 485 g/mol. The number of hydrogen-bond donors (Lipinski definition) is 3. The van der Waals surface area contributed by atoms with Crippen molar-refractivity contribution in [2.75, 3.05) is 18.1 Å². The number of hydrogen-bond acceptors (Lipinski definition) is 5. The number of amides is 1. The number of anilines is 1. The molecule has 1 aromatic heterocycles. The third kappa shape index (κ3) is 5.59. The Morgan fingerprint density at radius 3 is 2.56 bits per heavy atom. The minimum atomic E-state index is -0.662. The lowest BCUT2D eigenvalue weighted by molar-refractivity contribution is 0.0916. The number of halogens is 1. The van der Waals surface area contributed by atoms with Crippen LogP contribution < -0.4 is 15.8 Å². The highest BCUT2D eigenvalue weighted by Gasteiger charge is 2.16. The SMILES string of the molecule is C#CCN(Cc1ccc2nc(C)[nH]c(=O)c2c1)c1ccc(C(=O)NC(CO)c2ccc(F)cc2)cc1. The maximum atomic E-state index is 13.2. The molecule has 0 aliphatic carbocycles. The zero-order valence-corrected chi connectivity index (χ0v) is 19.7. The maximum absolute atomic E-state index is 13.2. The predicted molar refractivity (Wildman–Crippen MR) is 137 cm³/mol. The van der Waals surface area contributed by atoms with Crippen LogP contribution in [0.1, 0.15) is 33.4 Å². The zero-order chi connectivity index (χ0) is 25.7. The van der Waals surface area contributed by atoms with Crippen LogP contribution in [0.25, 0.3) is 10.9 Å². The highest BCUT2D eigenvalue weighted by Crippen LogP contribution is 2.21. The van der Waals surface area contributed by atoms with Crippen LogP contribution >= 0.6 is 0 Å². The summed E-state index contributed by atoms with van der Waals surface area (Å²) in [5.74, 6) is 2.44. The quantitative estimate of drug-likeness (QED) is 0.333. The van der Waals surface area contributed by atoms with E-state index in [0.717, 1.165) is 11.3 Å². The number of aromatic amines is 1. The molecule has 7 nitrogen and oxygen atoms in total. The molecule has 1 heterocycles. The molecule has 3 aromatic carbocycles. The number of terminal acetylenes is 1. The first-order chi connectivity index (χ1) is 17.4. The Labute approximate surface area is 207 Å². The van der Waals surface area contributed by atoms with Crippen LogP contribution in [0.15, 0.2) is 71.5 Å². The lowest BCUT2D eigenvalue weighted by atomic mass is 10.1. The number of carbonyl (C=O) groups excluding carboxylic acids is 1. The number of carbonyl (C=O) groups is 1. The van der Waals surface area contributed by atoms with Gasteiger partial charge in [0.2, 0.25) is 0 Å². The van der Waals surface area contributed by atoms with Gasteiger partial charge in [-0.05, 0) is 66.6 Å². The second-order valence-corrected chi connectivity index (χ2v) is 8.37. The summed E-state index contributed by atoms with van der Waals surface area (Å²) in [6.07, 6.45) is 5.60. The number of aromatic nitrogens is 2. The van der Waals surface area contributed by atoms with Crippen molar-refractivity contribution in [2.45, 2.75) is 19.5 Å². The molecule has 0 aliphatic rings. The highest BCUT2D eigenvalue weighted by atomic mass is 19.1. The average Bonchev–Trinajstić information content (AvgIpc) is 2.88. The van der Waals surface area contributed by atoms with Crippen molar-refractivity contribution >= 4 is 22.5 Å². The Kier molecular flexibility index (Phi) is 7.42. The van der Waals surface area contributed by atoms with Gasteiger partial charge >= 0.3 is 0 Å². The Morgan fingerprint density at radius 2 is 1.89 bits per heavy atom. The molecule has 36 heavy (non-hydrogen) atoms. The molecule has 1 atom stereocenters. The molecule has 0 spiro atoms. The van der Waals surface area contributed by atoms with Crippen molar-refractivity contribution in [3.8, 4) is 12.3 Å². The van der Waals surface area contributed by atoms with Crippen LogP contribution in [-0.2, 0) is 6.54 Å². The van der Waals surface area contributed by atoms with E-state index in [1.165, 1.54) is 24.3 Å². The fourth-order valence-electron chi connectivity index (χ4n) is 3.96. The normalized spacial score (nSPS) is 11.6. The molecule has 8 heteroatoms. The number of fused-ring (bicyclic) bond motifs is 1. The summed E-state index contributed by atoms with van der Waals surface area (Å²) in [5.41, 5.74) is 3.13. The molecule has 0 aliphatic heterocycles. The molecule has 0 saturated carbocycles. The van der Waals surface area contributed by atoms with E-state index in [4.69, 9.17) is 6.42 Å². The monoisotopic (exact) mass is 484 g/mol. The van der Waals surface area contributed by atoms with E-state index in [0.29, 0.717) is 40.9 Å². The molecule has 1 unspecified atom stereocenters. The number of nitrogens with one attached hydrogen (secondary N) is 2. The largest absolute Gasteiger partial charge is 0.394 e. The Morgan fingerprint density at radius 1 is 1.17 bits per heavy atom. The van der Waals surface area contributed by atoms with Gasteiger partial charge in [0, 0.05) is 17.8 Å². The fraction of sp³-hybridized carbons (Fsp3) is 0.179.